The summed E-state index contributed by atoms with van der Waals surface area (Å²) in [6.45, 7) is 0. The Morgan fingerprint density at radius 3 is 2.65 bits per heavy atom. The van der Waals surface area contributed by atoms with Gasteiger partial charge in [-0.1, -0.05) is 0 Å². The number of benzene rings is 1. The Bertz CT molecular complexity index is 580. The summed E-state index contributed by atoms with van der Waals surface area (Å²) in [4.78, 5) is 15.3. The van der Waals surface area contributed by atoms with Crippen molar-refractivity contribution >= 4 is 17.6 Å². The van der Waals surface area contributed by atoms with E-state index in [4.69, 9.17) is 15.4 Å². The molecule has 1 aromatic heterocycles. The van der Waals surface area contributed by atoms with Gasteiger partial charge in [0.15, 0.2) is 5.69 Å². The van der Waals surface area contributed by atoms with Crippen LogP contribution in [-0.2, 0) is 0 Å². The van der Waals surface area contributed by atoms with Crippen molar-refractivity contribution in [2.75, 3.05) is 11.1 Å². The Hall–Kier alpha value is -2.81. The van der Waals surface area contributed by atoms with Crippen molar-refractivity contribution in [2.24, 2.45) is 0 Å². The molecule has 0 aliphatic rings. The van der Waals surface area contributed by atoms with Crippen LogP contribution < -0.4 is 11.1 Å². The van der Waals surface area contributed by atoms with E-state index in [1.165, 1.54) is 6.26 Å². The zero-order valence-corrected chi connectivity index (χ0v) is 8.68. The number of oxazole rings is 1. The van der Waals surface area contributed by atoms with Crippen molar-refractivity contribution in [3.63, 3.8) is 0 Å². The predicted molar refractivity (Wildman–Crippen MR) is 60.0 cm³/mol. The van der Waals surface area contributed by atoms with Crippen LogP contribution in [0, 0.1) is 11.3 Å². The van der Waals surface area contributed by atoms with Gasteiger partial charge in [0.2, 0.25) is 0 Å². The Labute approximate surface area is 96.7 Å². The van der Waals surface area contributed by atoms with Crippen LogP contribution >= 0.6 is 0 Å². The Kier molecular flexibility index (Phi) is 2.75. The number of aromatic nitrogens is 1. The number of nitrogen functional groups attached to an aromatic ring is 1. The molecule has 0 bridgehead atoms. The third-order valence-corrected chi connectivity index (χ3v) is 2.03. The summed E-state index contributed by atoms with van der Waals surface area (Å²) in [6, 6.07) is 8.38. The minimum Gasteiger partial charge on any atom is -0.431 e. The lowest BCUT2D eigenvalue weighted by Gasteiger charge is -2.01. The lowest BCUT2D eigenvalue weighted by atomic mass is 10.2. The molecular weight excluding hydrogens is 220 g/mol. The van der Waals surface area contributed by atoms with E-state index >= 15 is 0 Å². The van der Waals surface area contributed by atoms with Gasteiger partial charge in [-0.25, -0.2) is 0 Å². The first kappa shape index (κ1) is 10.7. The minimum atomic E-state index is -0.421. The second-order valence-electron chi connectivity index (χ2n) is 3.21. The van der Waals surface area contributed by atoms with Gasteiger partial charge in [-0.3, -0.25) is 4.79 Å². The van der Waals surface area contributed by atoms with E-state index in [1.807, 2.05) is 6.07 Å². The molecule has 17 heavy (non-hydrogen) atoms. The van der Waals surface area contributed by atoms with E-state index in [9.17, 15) is 4.79 Å². The Morgan fingerprint density at radius 1 is 1.41 bits per heavy atom. The van der Waals surface area contributed by atoms with Gasteiger partial charge in [-0.15, -0.1) is 0 Å². The number of hydrogen-bond acceptors (Lipinski definition) is 5. The van der Waals surface area contributed by atoms with Gasteiger partial charge >= 0.3 is 0 Å². The quantitative estimate of drug-likeness (QED) is 0.807. The van der Waals surface area contributed by atoms with Crippen molar-refractivity contribution in [3.05, 3.63) is 41.8 Å². The number of nitrogens with one attached hydrogen (secondary N) is 1. The van der Waals surface area contributed by atoms with E-state index in [0.29, 0.717) is 11.3 Å². The summed E-state index contributed by atoms with van der Waals surface area (Å²) in [5.41, 5.74) is 6.44. The molecule has 2 rings (SSSR count). The summed E-state index contributed by atoms with van der Waals surface area (Å²) in [5, 5.41) is 11.2. The fourth-order valence-electron chi connectivity index (χ4n) is 1.22. The second-order valence-corrected chi connectivity index (χ2v) is 3.21. The smallest absolute Gasteiger partial charge is 0.292 e. The van der Waals surface area contributed by atoms with Gasteiger partial charge < -0.3 is 15.5 Å². The van der Waals surface area contributed by atoms with Crippen molar-refractivity contribution in [3.8, 4) is 6.07 Å². The normalized spacial score (nSPS) is 9.59. The summed E-state index contributed by atoms with van der Waals surface area (Å²) in [5.74, 6) is -0.421. The fraction of sp³-hybridized carbons (Fsp3) is 0. The molecule has 0 fully saturated rings. The number of nitriles is 1. The lowest BCUT2D eigenvalue weighted by molar-refractivity contribution is 0.102. The van der Waals surface area contributed by atoms with Crippen molar-refractivity contribution in [2.45, 2.75) is 0 Å². The highest BCUT2D eigenvalue weighted by atomic mass is 16.4. The third kappa shape index (κ3) is 2.41. The molecule has 0 spiro atoms. The number of nitrogens with zero attached hydrogens (tertiary/aromatic N) is 2. The highest BCUT2D eigenvalue weighted by Gasteiger charge is 2.10. The predicted octanol–water partition coefficient (Wildman–Crippen LogP) is 1.38. The van der Waals surface area contributed by atoms with E-state index in [1.54, 1.807) is 24.3 Å². The summed E-state index contributed by atoms with van der Waals surface area (Å²) >= 11 is 0. The maximum absolute atomic E-state index is 11.6. The second kappa shape index (κ2) is 4.37. The lowest BCUT2D eigenvalue weighted by Crippen LogP contribution is -2.12. The van der Waals surface area contributed by atoms with E-state index in [2.05, 4.69) is 10.3 Å². The molecule has 6 heteroatoms. The van der Waals surface area contributed by atoms with Gasteiger partial charge in [0, 0.05) is 5.69 Å². The van der Waals surface area contributed by atoms with E-state index in [-0.39, 0.29) is 11.7 Å². The molecule has 1 aromatic carbocycles. The van der Waals surface area contributed by atoms with Crippen LogP contribution in [0.2, 0.25) is 0 Å². The van der Waals surface area contributed by atoms with Gasteiger partial charge in [-0.2, -0.15) is 10.2 Å². The summed E-state index contributed by atoms with van der Waals surface area (Å²) in [6.07, 6.45) is 1.17. The monoisotopic (exact) mass is 228 g/mol. The molecule has 0 atom stereocenters. The van der Waals surface area contributed by atoms with Crippen molar-refractivity contribution < 1.29 is 9.21 Å². The van der Waals surface area contributed by atoms with Gasteiger partial charge in [-0.05, 0) is 24.3 Å². The van der Waals surface area contributed by atoms with Gasteiger partial charge in [0.1, 0.15) is 6.26 Å². The fourth-order valence-corrected chi connectivity index (χ4v) is 1.22. The SMILES string of the molecule is N#Cc1ccc(NC(=O)c2coc(N)n2)cc1. The number of amides is 1. The molecule has 1 amide bonds. The maximum atomic E-state index is 11.6. The zero-order valence-electron chi connectivity index (χ0n) is 8.68. The molecule has 0 saturated carbocycles. The van der Waals surface area contributed by atoms with Crippen LogP contribution in [0.4, 0.5) is 11.7 Å². The molecular formula is C11H8N4O2. The molecule has 6 nitrogen and oxygen atoms in total. The van der Waals surface area contributed by atoms with E-state index < -0.39 is 5.91 Å². The largest absolute Gasteiger partial charge is 0.431 e. The molecule has 1 heterocycles. The molecule has 3 N–H and O–H groups in total. The first-order valence-electron chi connectivity index (χ1n) is 4.71. The van der Waals surface area contributed by atoms with Crippen molar-refractivity contribution in [1.82, 2.24) is 4.98 Å². The van der Waals surface area contributed by atoms with Crippen LogP contribution in [-0.4, -0.2) is 10.9 Å². The Morgan fingerprint density at radius 2 is 2.12 bits per heavy atom. The average Bonchev–Trinajstić information content (AvgIpc) is 2.77. The molecule has 0 aliphatic carbocycles. The molecule has 84 valence electrons. The van der Waals surface area contributed by atoms with Crippen LogP contribution in [0.3, 0.4) is 0 Å². The Balaban J connectivity index is 2.11. The number of nitrogens with two attached hydrogens (primary N) is 1. The summed E-state index contributed by atoms with van der Waals surface area (Å²) < 4.78 is 4.72. The van der Waals surface area contributed by atoms with Crippen LogP contribution in [0.15, 0.2) is 34.9 Å². The molecule has 0 radical (unpaired) electrons. The first-order valence-corrected chi connectivity index (χ1v) is 4.71. The molecule has 0 aliphatic heterocycles. The first-order chi connectivity index (χ1) is 8.19. The summed E-state index contributed by atoms with van der Waals surface area (Å²) in [7, 11) is 0. The van der Waals surface area contributed by atoms with Crippen LogP contribution in [0.5, 0.6) is 0 Å². The van der Waals surface area contributed by atoms with Gasteiger partial charge in [0.25, 0.3) is 11.9 Å². The maximum Gasteiger partial charge on any atom is 0.292 e. The highest BCUT2D eigenvalue weighted by Crippen LogP contribution is 2.11. The highest BCUT2D eigenvalue weighted by molar-refractivity contribution is 6.02. The number of carbonyl (C=O) groups is 1. The number of carbonyl (C=O) groups excluding carboxylic acids is 1. The number of hydrogen-bond donors (Lipinski definition) is 2. The molecule has 2 aromatic rings. The molecule has 0 unspecified atom stereocenters. The standard InChI is InChI=1S/C11H8N4O2/c12-5-7-1-3-8(4-2-7)14-10(16)9-6-17-11(13)15-9/h1-4,6H,(H2,13,15)(H,14,16). The van der Waals surface area contributed by atoms with Crippen molar-refractivity contribution in [1.29, 1.82) is 5.26 Å². The number of anilines is 2. The average molecular weight is 228 g/mol. The van der Waals surface area contributed by atoms with Gasteiger partial charge in [0.05, 0.1) is 11.6 Å². The third-order valence-electron chi connectivity index (χ3n) is 2.03. The van der Waals surface area contributed by atoms with Crippen LogP contribution in [0.1, 0.15) is 16.1 Å². The molecule has 0 saturated heterocycles. The van der Waals surface area contributed by atoms with Crippen LogP contribution in [0.25, 0.3) is 0 Å². The van der Waals surface area contributed by atoms with E-state index in [0.717, 1.165) is 0 Å². The number of rotatable bonds is 2. The topological polar surface area (TPSA) is 105 Å². The zero-order chi connectivity index (χ0) is 12.3. The minimum absolute atomic E-state index is 0.0602.